The van der Waals surface area contributed by atoms with Crippen LogP contribution in [0.2, 0.25) is 0 Å². The highest BCUT2D eigenvalue weighted by Gasteiger charge is 2.48. The number of nitrogens with one attached hydrogen (secondary N) is 1. The van der Waals surface area contributed by atoms with E-state index in [2.05, 4.69) is 11.4 Å². The van der Waals surface area contributed by atoms with Crippen molar-refractivity contribution in [2.24, 2.45) is 35.5 Å². The lowest BCUT2D eigenvalue weighted by Crippen LogP contribution is -2.46. The second-order valence-electron chi connectivity index (χ2n) is 7.79. The molecule has 5 aliphatic rings. The smallest absolute Gasteiger partial charge is 0.237 e. The summed E-state index contributed by atoms with van der Waals surface area (Å²) in [6.07, 6.45) is 9.98. The van der Waals surface area contributed by atoms with Gasteiger partial charge in [-0.3, -0.25) is 4.79 Å². The van der Waals surface area contributed by atoms with Crippen molar-refractivity contribution in [3.05, 3.63) is 0 Å². The van der Waals surface area contributed by atoms with Crippen LogP contribution in [0.4, 0.5) is 0 Å². The summed E-state index contributed by atoms with van der Waals surface area (Å²) in [4.78, 5) is 12.2. The fourth-order valence-electron chi connectivity index (χ4n) is 5.44. The Bertz CT molecular complexity index is 420. The van der Waals surface area contributed by atoms with Gasteiger partial charge in [-0.2, -0.15) is 5.26 Å². The molecule has 20 heavy (non-hydrogen) atoms. The number of amides is 1. The van der Waals surface area contributed by atoms with E-state index >= 15 is 0 Å². The predicted molar refractivity (Wildman–Crippen MR) is 75.4 cm³/mol. The van der Waals surface area contributed by atoms with Crippen molar-refractivity contribution < 1.29 is 4.79 Å². The summed E-state index contributed by atoms with van der Waals surface area (Å²) in [6.45, 7) is 0. The zero-order valence-electron chi connectivity index (χ0n) is 12.1. The van der Waals surface area contributed by atoms with E-state index < -0.39 is 5.92 Å². The van der Waals surface area contributed by atoms with Gasteiger partial charge >= 0.3 is 0 Å². The zero-order chi connectivity index (χ0) is 13.7. The van der Waals surface area contributed by atoms with E-state index in [0.29, 0.717) is 12.0 Å². The molecule has 0 aliphatic heterocycles. The first-order valence-electron chi connectivity index (χ1n) is 8.43. The van der Waals surface area contributed by atoms with Crippen LogP contribution in [0.3, 0.4) is 0 Å². The van der Waals surface area contributed by atoms with Gasteiger partial charge in [-0.15, -0.1) is 0 Å². The number of carbonyl (C=O) groups is 1. The van der Waals surface area contributed by atoms with E-state index in [9.17, 15) is 10.1 Å². The lowest BCUT2D eigenvalue weighted by atomic mass is 9.51. The monoisotopic (exact) mass is 272 g/mol. The lowest BCUT2D eigenvalue weighted by molar-refractivity contribution is -0.125. The van der Waals surface area contributed by atoms with Crippen molar-refractivity contribution in [3.63, 3.8) is 0 Å². The van der Waals surface area contributed by atoms with Gasteiger partial charge in [-0.05, 0) is 81.0 Å². The average molecular weight is 272 g/mol. The maximum atomic E-state index is 12.2. The molecule has 5 saturated carbocycles. The van der Waals surface area contributed by atoms with Crippen LogP contribution in [-0.2, 0) is 4.79 Å². The normalized spacial score (nSPS) is 43.0. The van der Waals surface area contributed by atoms with Crippen molar-refractivity contribution >= 4 is 5.91 Å². The highest BCUT2D eigenvalue weighted by Crippen LogP contribution is 2.57. The zero-order valence-corrected chi connectivity index (χ0v) is 12.1. The standard InChI is InChI=1S/C17H24N2O/c18-9-14(17(20)19-15-1-2-15)8-16-12-4-10-3-11(6-12)7-13(16)5-10/h10-16H,1-8H2,(H,19,20). The van der Waals surface area contributed by atoms with Gasteiger partial charge in [0.15, 0.2) is 0 Å². The van der Waals surface area contributed by atoms with E-state index in [1.165, 1.54) is 32.1 Å². The average Bonchev–Trinajstić information content (AvgIpc) is 3.21. The summed E-state index contributed by atoms with van der Waals surface area (Å²) < 4.78 is 0. The molecule has 1 amide bonds. The van der Waals surface area contributed by atoms with Crippen LogP contribution >= 0.6 is 0 Å². The Balaban J connectivity index is 1.42. The maximum Gasteiger partial charge on any atom is 0.237 e. The minimum atomic E-state index is -0.405. The van der Waals surface area contributed by atoms with Crippen LogP contribution in [-0.4, -0.2) is 11.9 Å². The molecule has 3 nitrogen and oxygen atoms in total. The fraction of sp³-hybridized carbons (Fsp3) is 0.882. The predicted octanol–water partition coefficient (Wildman–Crippen LogP) is 2.87. The summed E-state index contributed by atoms with van der Waals surface area (Å²) in [5.41, 5.74) is 0. The van der Waals surface area contributed by atoms with Gasteiger partial charge in [0.2, 0.25) is 5.91 Å². The lowest BCUT2D eigenvalue weighted by Gasteiger charge is -2.54. The van der Waals surface area contributed by atoms with E-state index in [1.54, 1.807) is 0 Å². The highest BCUT2D eigenvalue weighted by molar-refractivity contribution is 5.81. The van der Waals surface area contributed by atoms with Crippen LogP contribution in [0, 0.1) is 46.8 Å². The Morgan fingerprint density at radius 2 is 1.70 bits per heavy atom. The summed E-state index contributed by atoms with van der Waals surface area (Å²) in [5, 5.41) is 12.4. The van der Waals surface area contributed by atoms with Gasteiger partial charge < -0.3 is 5.32 Å². The summed E-state index contributed by atoms with van der Waals surface area (Å²) in [6, 6.07) is 2.65. The molecular weight excluding hydrogens is 248 g/mol. The van der Waals surface area contributed by atoms with Crippen LogP contribution in [0.1, 0.15) is 51.4 Å². The number of hydrogen-bond donors (Lipinski definition) is 1. The van der Waals surface area contributed by atoms with Crippen LogP contribution in [0.5, 0.6) is 0 Å². The SMILES string of the molecule is N#CC(CC1C2CC3CC(C2)CC1C3)C(=O)NC1CC1. The molecule has 0 heterocycles. The van der Waals surface area contributed by atoms with Crippen molar-refractivity contribution in [2.75, 3.05) is 0 Å². The topological polar surface area (TPSA) is 52.9 Å². The fourth-order valence-corrected chi connectivity index (χ4v) is 5.44. The molecular formula is C17H24N2O. The van der Waals surface area contributed by atoms with Gasteiger partial charge in [0.25, 0.3) is 0 Å². The molecule has 0 saturated heterocycles. The summed E-state index contributed by atoms with van der Waals surface area (Å²) >= 11 is 0. The Hall–Kier alpha value is -1.04. The maximum absolute atomic E-state index is 12.2. The minimum Gasteiger partial charge on any atom is -0.352 e. The minimum absolute atomic E-state index is 0.00352. The molecule has 0 radical (unpaired) electrons. The van der Waals surface area contributed by atoms with Gasteiger partial charge in [-0.1, -0.05) is 0 Å². The summed E-state index contributed by atoms with van der Waals surface area (Å²) in [5.74, 6) is 3.81. The van der Waals surface area contributed by atoms with E-state index in [-0.39, 0.29) is 5.91 Å². The van der Waals surface area contributed by atoms with Crippen LogP contribution < -0.4 is 5.32 Å². The Morgan fingerprint density at radius 1 is 1.10 bits per heavy atom. The van der Waals surface area contributed by atoms with Gasteiger partial charge in [-0.25, -0.2) is 0 Å². The second kappa shape index (κ2) is 4.76. The number of rotatable bonds is 4. The van der Waals surface area contributed by atoms with Gasteiger partial charge in [0.1, 0.15) is 5.92 Å². The molecule has 4 bridgehead atoms. The van der Waals surface area contributed by atoms with Crippen molar-refractivity contribution in [3.8, 4) is 6.07 Å². The Labute approximate surface area is 121 Å². The molecule has 3 heteroatoms. The third-order valence-electron chi connectivity index (χ3n) is 6.33. The molecule has 108 valence electrons. The molecule has 1 N–H and O–H groups in total. The highest BCUT2D eigenvalue weighted by atomic mass is 16.2. The number of carbonyl (C=O) groups excluding carboxylic acids is 1. The third-order valence-corrected chi connectivity index (χ3v) is 6.33. The van der Waals surface area contributed by atoms with Crippen LogP contribution in [0.15, 0.2) is 0 Å². The molecule has 0 aromatic rings. The molecule has 0 aromatic heterocycles. The quantitative estimate of drug-likeness (QED) is 0.855. The van der Waals surface area contributed by atoms with Crippen molar-refractivity contribution in [1.82, 2.24) is 5.32 Å². The molecule has 5 rings (SSSR count). The Kier molecular flexibility index (Phi) is 3.02. The number of nitrogens with zero attached hydrogens (tertiary/aromatic N) is 1. The largest absolute Gasteiger partial charge is 0.352 e. The first-order chi connectivity index (χ1) is 9.72. The van der Waals surface area contributed by atoms with E-state index in [1.807, 2.05) is 0 Å². The first-order valence-corrected chi connectivity index (χ1v) is 8.43. The van der Waals surface area contributed by atoms with Gasteiger partial charge in [0.05, 0.1) is 6.07 Å². The number of nitriles is 1. The molecule has 0 aromatic carbocycles. The third kappa shape index (κ3) is 2.24. The van der Waals surface area contributed by atoms with E-state index in [0.717, 1.165) is 42.9 Å². The van der Waals surface area contributed by atoms with Crippen molar-refractivity contribution in [1.29, 1.82) is 5.26 Å². The summed E-state index contributed by atoms with van der Waals surface area (Å²) in [7, 11) is 0. The van der Waals surface area contributed by atoms with Crippen molar-refractivity contribution in [2.45, 2.75) is 57.4 Å². The van der Waals surface area contributed by atoms with Gasteiger partial charge in [0, 0.05) is 6.04 Å². The Morgan fingerprint density at radius 3 is 2.20 bits per heavy atom. The molecule has 0 spiro atoms. The first kappa shape index (κ1) is 12.7. The molecule has 1 unspecified atom stereocenters. The second-order valence-corrected chi connectivity index (χ2v) is 7.79. The van der Waals surface area contributed by atoms with Crippen LogP contribution in [0.25, 0.3) is 0 Å². The number of hydrogen-bond acceptors (Lipinski definition) is 2. The molecule has 5 fully saturated rings. The molecule has 1 atom stereocenters. The molecule has 5 aliphatic carbocycles. The van der Waals surface area contributed by atoms with E-state index in [4.69, 9.17) is 0 Å².